The fourth-order valence-corrected chi connectivity index (χ4v) is 2.47. The van der Waals surface area contributed by atoms with Crippen LogP contribution in [0.1, 0.15) is 15.9 Å². The number of hydrogen-bond donors (Lipinski definition) is 0. The Morgan fingerprint density at radius 3 is 2.68 bits per heavy atom. The smallest absolute Gasteiger partial charge is 0.341 e. The number of hydrogen-bond acceptors (Lipinski definition) is 4. The molecule has 3 rings (SSSR count). The number of aromatic nitrogens is 1. The van der Waals surface area contributed by atoms with Gasteiger partial charge in [0.2, 0.25) is 0 Å². The van der Waals surface area contributed by atoms with Gasteiger partial charge in [0.25, 0.3) is 0 Å². The fourth-order valence-electron chi connectivity index (χ4n) is 2.27. The first-order valence-electron chi connectivity index (χ1n) is 7.23. The largest absolute Gasteiger partial charge is 0.497 e. The minimum atomic E-state index is -0.986. The van der Waals surface area contributed by atoms with Crippen LogP contribution in [0.4, 0.5) is 8.78 Å². The van der Waals surface area contributed by atoms with Gasteiger partial charge < -0.3 is 9.47 Å². The summed E-state index contributed by atoms with van der Waals surface area (Å²) in [6.45, 7) is -0.191. The summed E-state index contributed by atoms with van der Waals surface area (Å²) in [6.07, 6.45) is 0. The zero-order chi connectivity index (χ0) is 18.0. The van der Waals surface area contributed by atoms with Crippen molar-refractivity contribution >= 4 is 28.5 Å². The van der Waals surface area contributed by atoms with Crippen molar-refractivity contribution in [2.45, 2.75) is 6.61 Å². The van der Waals surface area contributed by atoms with Gasteiger partial charge in [-0.25, -0.2) is 18.6 Å². The second kappa shape index (κ2) is 7.03. The van der Waals surface area contributed by atoms with Crippen molar-refractivity contribution in [3.63, 3.8) is 0 Å². The number of nitrogens with zero attached hydrogens (tertiary/aromatic N) is 1. The molecule has 25 heavy (non-hydrogen) atoms. The van der Waals surface area contributed by atoms with Crippen LogP contribution in [0.3, 0.4) is 0 Å². The van der Waals surface area contributed by atoms with Gasteiger partial charge in [-0.15, -0.1) is 0 Å². The summed E-state index contributed by atoms with van der Waals surface area (Å²) in [5.41, 5.74) is 0.746. The van der Waals surface area contributed by atoms with Crippen LogP contribution in [-0.2, 0) is 11.3 Å². The molecule has 4 nitrogen and oxygen atoms in total. The molecule has 0 amide bonds. The van der Waals surface area contributed by atoms with Crippen molar-refractivity contribution in [1.82, 2.24) is 4.98 Å². The van der Waals surface area contributed by atoms with Crippen molar-refractivity contribution < 1.29 is 23.0 Å². The highest BCUT2D eigenvalue weighted by molar-refractivity contribution is 6.30. The molecule has 3 aromatic rings. The Bertz CT molecular complexity index is 962. The van der Waals surface area contributed by atoms with Gasteiger partial charge in [0, 0.05) is 23.1 Å². The van der Waals surface area contributed by atoms with E-state index < -0.39 is 17.6 Å². The van der Waals surface area contributed by atoms with Crippen LogP contribution in [0, 0.1) is 11.6 Å². The molecule has 0 saturated carbocycles. The highest BCUT2D eigenvalue weighted by Crippen LogP contribution is 2.25. The van der Waals surface area contributed by atoms with Crippen LogP contribution in [0.15, 0.2) is 42.5 Å². The molecule has 128 valence electrons. The molecule has 0 unspecified atom stereocenters. The van der Waals surface area contributed by atoms with Gasteiger partial charge in [-0.3, -0.25) is 0 Å². The first-order valence-corrected chi connectivity index (χ1v) is 7.61. The molecule has 0 radical (unpaired) electrons. The number of carbonyl (C=O) groups excluding carboxylic acids is 1. The molecular formula is C18H12ClF2NO3. The zero-order valence-corrected chi connectivity index (χ0v) is 13.8. The topological polar surface area (TPSA) is 48.4 Å². The highest BCUT2D eigenvalue weighted by atomic mass is 35.5. The van der Waals surface area contributed by atoms with Gasteiger partial charge in [-0.2, -0.15) is 0 Å². The predicted molar refractivity (Wildman–Crippen MR) is 88.8 cm³/mol. The Hall–Kier alpha value is -2.73. The van der Waals surface area contributed by atoms with E-state index in [-0.39, 0.29) is 17.3 Å². The van der Waals surface area contributed by atoms with Crippen molar-refractivity contribution in [2.75, 3.05) is 7.11 Å². The number of ether oxygens (including phenoxy) is 2. The van der Waals surface area contributed by atoms with Gasteiger partial charge in [0.1, 0.15) is 29.1 Å². The van der Waals surface area contributed by atoms with E-state index in [9.17, 15) is 13.6 Å². The first-order chi connectivity index (χ1) is 12.0. The number of pyridine rings is 1. The summed E-state index contributed by atoms with van der Waals surface area (Å²) in [5, 5.41) is 0.942. The number of methoxy groups -OCH3 is 1. The van der Waals surface area contributed by atoms with E-state index in [1.165, 1.54) is 0 Å². The minimum Gasteiger partial charge on any atom is -0.497 e. The Kier molecular flexibility index (Phi) is 4.81. The maximum absolute atomic E-state index is 13.6. The van der Waals surface area contributed by atoms with Crippen LogP contribution in [0.2, 0.25) is 5.15 Å². The molecule has 1 aromatic heterocycles. The van der Waals surface area contributed by atoms with Crippen LogP contribution < -0.4 is 4.74 Å². The summed E-state index contributed by atoms with van der Waals surface area (Å²) < 4.78 is 36.7. The van der Waals surface area contributed by atoms with Gasteiger partial charge in [0.05, 0.1) is 18.2 Å². The lowest BCUT2D eigenvalue weighted by molar-refractivity contribution is 0.0467. The fraction of sp³-hybridized carbons (Fsp3) is 0.111. The Morgan fingerprint density at radius 1 is 1.16 bits per heavy atom. The molecule has 7 heteroatoms. The molecule has 0 bridgehead atoms. The number of halogens is 3. The Labute approximate surface area is 147 Å². The zero-order valence-electron chi connectivity index (χ0n) is 13.1. The van der Waals surface area contributed by atoms with Gasteiger partial charge in [-0.05, 0) is 30.3 Å². The van der Waals surface area contributed by atoms with Crippen molar-refractivity contribution in [3.05, 3.63) is 70.4 Å². The Morgan fingerprint density at radius 2 is 1.96 bits per heavy atom. The summed E-state index contributed by atoms with van der Waals surface area (Å²) in [5.74, 6) is -2.03. The van der Waals surface area contributed by atoms with Gasteiger partial charge in [0.15, 0.2) is 0 Å². The average Bonchev–Trinajstić information content (AvgIpc) is 2.59. The average molecular weight is 364 g/mol. The molecule has 0 saturated heterocycles. The van der Waals surface area contributed by atoms with E-state index in [1.54, 1.807) is 31.4 Å². The van der Waals surface area contributed by atoms with Crippen molar-refractivity contribution in [3.8, 4) is 5.75 Å². The molecular weight excluding hydrogens is 352 g/mol. The second-order valence-electron chi connectivity index (χ2n) is 5.20. The lowest BCUT2D eigenvalue weighted by Gasteiger charge is -2.09. The van der Waals surface area contributed by atoms with E-state index in [0.29, 0.717) is 22.9 Å². The number of benzene rings is 2. The summed E-state index contributed by atoms with van der Waals surface area (Å²) in [6, 6.07) is 9.64. The molecule has 0 aliphatic carbocycles. The monoisotopic (exact) mass is 363 g/mol. The van der Waals surface area contributed by atoms with Crippen LogP contribution >= 0.6 is 11.6 Å². The first kappa shape index (κ1) is 17.1. The molecule has 0 spiro atoms. The van der Waals surface area contributed by atoms with Gasteiger partial charge >= 0.3 is 5.97 Å². The van der Waals surface area contributed by atoms with Gasteiger partial charge in [-0.1, -0.05) is 11.6 Å². The molecule has 0 aliphatic rings. The van der Waals surface area contributed by atoms with Crippen LogP contribution in [0.5, 0.6) is 5.75 Å². The second-order valence-corrected chi connectivity index (χ2v) is 5.56. The molecule has 0 fully saturated rings. The molecule has 0 aliphatic heterocycles. The predicted octanol–water partition coefficient (Wildman–Crippen LogP) is 4.53. The number of esters is 1. The number of carbonyl (C=O) groups is 1. The highest BCUT2D eigenvalue weighted by Gasteiger charge is 2.15. The normalized spacial score (nSPS) is 10.7. The SMILES string of the molecule is COc1ccc2cc(COC(=O)c3ccc(F)cc3F)c(Cl)nc2c1. The minimum absolute atomic E-state index is 0.160. The summed E-state index contributed by atoms with van der Waals surface area (Å²) in [4.78, 5) is 16.2. The maximum Gasteiger partial charge on any atom is 0.341 e. The van der Waals surface area contributed by atoms with E-state index in [1.807, 2.05) is 0 Å². The molecule has 1 heterocycles. The standard InChI is InChI=1S/C18H12ClF2NO3/c1-24-13-4-2-10-6-11(17(19)22-16(10)8-13)9-25-18(23)14-5-3-12(20)7-15(14)21/h2-8H,9H2,1H3. The molecule has 0 N–H and O–H groups in total. The van der Waals surface area contributed by atoms with Crippen LogP contribution in [0.25, 0.3) is 10.9 Å². The quantitative estimate of drug-likeness (QED) is 0.504. The van der Waals surface area contributed by atoms with Crippen molar-refractivity contribution in [1.29, 1.82) is 0 Å². The Balaban J connectivity index is 1.80. The van der Waals surface area contributed by atoms with E-state index in [4.69, 9.17) is 21.1 Å². The van der Waals surface area contributed by atoms with E-state index in [2.05, 4.69) is 4.98 Å². The lowest BCUT2D eigenvalue weighted by atomic mass is 10.1. The van der Waals surface area contributed by atoms with Crippen molar-refractivity contribution in [2.24, 2.45) is 0 Å². The number of fused-ring (bicyclic) bond motifs is 1. The third-order valence-electron chi connectivity index (χ3n) is 3.56. The molecule has 2 aromatic carbocycles. The van der Waals surface area contributed by atoms with Crippen LogP contribution in [-0.4, -0.2) is 18.1 Å². The summed E-state index contributed by atoms with van der Waals surface area (Å²) in [7, 11) is 1.55. The third kappa shape index (κ3) is 3.69. The summed E-state index contributed by atoms with van der Waals surface area (Å²) >= 11 is 6.11. The van der Waals surface area contributed by atoms with E-state index in [0.717, 1.165) is 17.5 Å². The lowest BCUT2D eigenvalue weighted by Crippen LogP contribution is -2.08. The van der Waals surface area contributed by atoms with E-state index >= 15 is 0 Å². The third-order valence-corrected chi connectivity index (χ3v) is 3.89. The maximum atomic E-state index is 13.6. The molecule has 0 atom stereocenters. The number of rotatable bonds is 4.